The monoisotopic (exact) mass is 217 g/mol. The van der Waals surface area contributed by atoms with E-state index in [1.807, 2.05) is 12.4 Å². The lowest BCUT2D eigenvalue weighted by atomic mass is 10.1. The second-order valence-electron chi connectivity index (χ2n) is 4.27. The highest BCUT2D eigenvalue weighted by Crippen LogP contribution is 2.25. The minimum Gasteiger partial charge on any atom is -0.348 e. The molecule has 0 amide bonds. The van der Waals surface area contributed by atoms with Crippen LogP contribution in [0, 0.1) is 0 Å². The van der Waals surface area contributed by atoms with Gasteiger partial charge in [-0.25, -0.2) is 4.98 Å². The summed E-state index contributed by atoms with van der Waals surface area (Å²) in [5.74, 6) is 1.64. The van der Waals surface area contributed by atoms with Crippen molar-refractivity contribution in [2.75, 3.05) is 13.1 Å². The summed E-state index contributed by atoms with van der Waals surface area (Å²) < 4.78 is 0. The van der Waals surface area contributed by atoms with E-state index >= 15 is 0 Å². The van der Waals surface area contributed by atoms with Gasteiger partial charge in [0.25, 0.3) is 0 Å². The summed E-state index contributed by atoms with van der Waals surface area (Å²) >= 11 is 0. The Hall–Kier alpha value is -1.62. The molecule has 0 saturated carbocycles. The first-order chi connectivity index (χ1) is 7.92. The zero-order valence-corrected chi connectivity index (χ0v) is 9.06. The molecule has 1 atom stereocenters. The van der Waals surface area contributed by atoms with Crippen LogP contribution in [-0.2, 0) is 6.54 Å². The van der Waals surface area contributed by atoms with Gasteiger partial charge < -0.3 is 4.98 Å². The highest BCUT2D eigenvalue weighted by atomic mass is 15.2. The minimum absolute atomic E-state index is 0.595. The maximum Gasteiger partial charge on any atom is 0.120 e. The Morgan fingerprint density at radius 3 is 3.19 bits per heavy atom. The lowest BCUT2D eigenvalue weighted by molar-refractivity contribution is 0.318. The summed E-state index contributed by atoms with van der Waals surface area (Å²) in [5.41, 5.74) is 1.25. The van der Waals surface area contributed by atoms with E-state index in [0.717, 1.165) is 25.5 Å². The summed E-state index contributed by atoms with van der Waals surface area (Å²) in [6.45, 7) is 3.13. The molecule has 2 aromatic heterocycles. The summed E-state index contributed by atoms with van der Waals surface area (Å²) in [5, 5.41) is 7.06. The molecule has 84 valence electrons. The topological polar surface area (TPSA) is 60.6 Å². The minimum atomic E-state index is 0.595. The van der Waals surface area contributed by atoms with Gasteiger partial charge in [-0.15, -0.1) is 0 Å². The lowest BCUT2D eigenvalue weighted by Crippen LogP contribution is -2.20. The molecule has 2 aromatic rings. The lowest BCUT2D eigenvalue weighted by Gasteiger charge is -2.13. The first-order valence-corrected chi connectivity index (χ1v) is 5.62. The normalized spacial score (nSPS) is 21.6. The smallest absolute Gasteiger partial charge is 0.120 e. The molecule has 3 rings (SSSR count). The molecule has 5 nitrogen and oxygen atoms in total. The highest BCUT2D eigenvalue weighted by Gasteiger charge is 2.24. The number of imidazole rings is 1. The molecular formula is C11H15N5. The van der Waals surface area contributed by atoms with Crippen LogP contribution in [0.4, 0.5) is 0 Å². The van der Waals surface area contributed by atoms with E-state index in [1.165, 1.54) is 12.1 Å². The standard InChI is InChI=1S/C11H15N5/c1-3-14-15-10(1)9-2-6-16(7-9)8-11-12-4-5-13-11/h1,3-5,9H,2,6-8H2,(H,12,13)(H,14,15)/t9-/m1/s1. The molecule has 5 heteroatoms. The van der Waals surface area contributed by atoms with Gasteiger partial charge in [-0.2, -0.15) is 5.10 Å². The third-order valence-corrected chi connectivity index (χ3v) is 3.16. The Balaban J connectivity index is 1.61. The number of nitrogens with one attached hydrogen (secondary N) is 2. The van der Waals surface area contributed by atoms with Crippen molar-refractivity contribution in [1.82, 2.24) is 25.1 Å². The van der Waals surface area contributed by atoms with Crippen LogP contribution in [0.15, 0.2) is 24.7 Å². The number of likely N-dealkylation sites (tertiary alicyclic amines) is 1. The fraction of sp³-hybridized carbons (Fsp3) is 0.455. The van der Waals surface area contributed by atoms with Gasteiger partial charge in [0.1, 0.15) is 5.82 Å². The Bertz CT molecular complexity index is 419. The fourth-order valence-corrected chi connectivity index (χ4v) is 2.32. The Labute approximate surface area is 93.9 Å². The van der Waals surface area contributed by atoms with Crippen LogP contribution < -0.4 is 0 Å². The third-order valence-electron chi connectivity index (χ3n) is 3.16. The predicted octanol–water partition coefficient (Wildman–Crippen LogP) is 1.12. The molecule has 0 bridgehead atoms. The van der Waals surface area contributed by atoms with E-state index in [-0.39, 0.29) is 0 Å². The van der Waals surface area contributed by atoms with Crippen molar-refractivity contribution in [1.29, 1.82) is 0 Å². The van der Waals surface area contributed by atoms with Crippen LogP contribution >= 0.6 is 0 Å². The first kappa shape index (κ1) is 9.59. The van der Waals surface area contributed by atoms with E-state index in [2.05, 4.69) is 31.1 Å². The zero-order valence-electron chi connectivity index (χ0n) is 9.06. The van der Waals surface area contributed by atoms with Crippen LogP contribution in [0.2, 0.25) is 0 Å². The molecule has 0 aromatic carbocycles. The second kappa shape index (κ2) is 4.09. The molecule has 1 aliphatic heterocycles. The van der Waals surface area contributed by atoms with Gasteiger partial charge in [-0.3, -0.25) is 10.00 Å². The van der Waals surface area contributed by atoms with Crippen molar-refractivity contribution in [2.45, 2.75) is 18.9 Å². The van der Waals surface area contributed by atoms with E-state index < -0.39 is 0 Å². The van der Waals surface area contributed by atoms with Crippen LogP contribution in [0.5, 0.6) is 0 Å². The van der Waals surface area contributed by atoms with Crippen LogP contribution in [0.25, 0.3) is 0 Å². The maximum atomic E-state index is 4.25. The van der Waals surface area contributed by atoms with Crippen LogP contribution in [-0.4, -0.2) is 38.2 Å². The molecule has 0 radical (unpaired) electrons. The van der Waals surface area contributed by atoms with Crippen molar-refractivity contribution < 1.29 is 0 Å². The third kappa shape index (κ3) is 1.86. The molecule has 16 heavy (non-hydrogen) atoms. The molecule has 1 fully saturated rings. The number of hydrogen-bond donors (Lipinski definition) is 2. The van der Waals surface area contributed by atoms with Gasteiger partial charge in [-0.05, 0) is 19.0 Å². The summed E-state index contributed by atoms with van der Waals surface area (Å²) in [6.07, 6.45) is 6.70. The number of hydrogen-bond acceptors (Lipinski definition) is 3. The zero-order chi connectivity index (χ0) is 10.8. The highest BCUT2D eigenvalue weighted by molar-refractivity contribution is 5.08. The fourth-order valence-electron chi connectivity index (χ4n) is 2.32. The average molecular weight is 217 g/mol. The largest absolute Gasteiger partial charge is 0.348 e. The van der Waals surface area contributed by atoms with Gasteiger partial charge in [0.2, 0.25) is 0 Å². The molecule has 0 unspecified atom stereocenters. The van der Waals surface area contributed by atoms with Gasteiger partial charge in [-0.1, -0.05) is 0 Å². The molecule has 0 aliphatic carbocycles. The number of nitrogens with zero attached hydrogens (tertiary/aromatic N) is 3. The Morgan fingerprint density at radius 2 is 2.44 bits per heavy atom. The van der Waals surface area contributed by atoms with Crippen molar-refractivity contribution in [3.05, 3.63) is 36.2 Å². The molecule has 0 spiro atoms. The molecule has 2 N–H and O–H groups in total. The van der Waals surface area contributed by atoms with Crippen LogP contribution in [0.3, 0.4) is 0 Å². The van der Waals surface area contributed by atoms with Gasteiger partial charge in [0.05, 0.1) is 6.54 Å². The van der Waals surface area contributed by atoms with E-state index in [9.17, 15) is 0 Å². The summed E-state index contributed by atoms with van der Waals surface area (Å²) in [6, 6.07) is 2.07. The predicted molar refractivity (Wildman–Crippen MR) is 59.8 cm³/mol. The van der Waals surface area contributed by atoms with E-state index in [4.69, 9.17) is 0 Å². The van der Waals surface area contributed by atoms with Crippen molar-refractivity contribution >= 4 is 0 Å². The van der Waals surface area contributed by atoms with Gasteiger partial charge in [0.15, 0.2) is 0 Å². The SMILES string of the molecule is c1cc([C@@H]2CCN(Cc3ncc[nH]3)C2)[nH]n1. The van der Waals surface area contributed by atoms with Crippen LogP contribution in [0.1, 0.15) is 23.9 Å². The molecular weight excluding hydrogens is 202 g/mol. The van der Waals surface area contributed by atoms with E-state index in [1.54, 1.807) is 6.20 Å². The van der Waals surface area contributed by atoms with Crippen molar-refractivity contribution in [3.8, 4) is 0 Å². The van der Waals surface area contributed by atoms with Gasteiger partial charge in [0, 0.05) is 36.7 Å². The Kier molecular flexibility index (Phi) is 2.46. The number of rotatable bonds is 3. The molecule has 3 heterocycles. The van der Waals surface area contributed by atoms with E-state index in [0.29, 0.717) is 5.92 Å². The number of aromatic nitrogens is 4. The number of H-pyrrole nitrogens is 2. The summed E-state index contributed by atoms with van der Waals surface area (Å²) in [4.78, 5) is 9.81. The van der Waals surface area contributed by atoms with Crippen molar-refractivity contribution in [2.24, 2.45) is 0 Å². The summed E-state index contributed by atoms with van der Waals surface area (Å²) in [7, 11) is 0. The first-order valence-electron chi connectivity index (χ1n) is 5.62. The average Bonchev–Trinajstić information content (AvgIpc) is 2.99. The maximum absolute atomic E-state index is 4.25. The molecule has 1 saturated heterocycles. The number of aromatic amines is 2. The molecule has 1 aliphatic rings. The second-order valence-corrected chi connectivity index (χ2v) is 4.27. The Morgan fingerprint density at radius 1 is 1.44 bits per heavy atom. The quantitative estimate of drug-likeness (QED) is 0.810. The van der Waals surface area contributed by atoms with Gasteiger partial charge >= 0.3 is 0 Å². The van der Waals surface area contributed by atoms with Crippen molar-refractivity contribution in [3.63, 3.8) is 0 Å².